The summed E-state index contributed by atoms with van der Waals surface area (Å²) in [6.45, 7) is 4.44. The van der Waals surface area contributed by atoms with E-state index in [4.69, 9.17) is 4.42 Å². The Morgan fingerprint density at radius 2 is 2.18 bits per heavy atom. The van der Waals surface area contributed by atoms with E-state index in [0.717, 1.165) is 29.4 Å². The molecule has 96 valence electrons. The van der Waals surface area contributed by atoms with Crippen LogP contribution in [0, 0.1) is 5.92 Å². The molecular formula is C13H21BrN2O. The normalized spacial score (nSPS) is 18.7. The van der Waals surface area contributed by atoms with Crippen LogP contribution in [-0.2, 0) is 6.54 Å². The average Bonchev–Trinajstić information content (AvgIpc) is 2.73. The zero-order valence-corrected chi connectivity index (χ0v) is 12.0. The molecule has 1 N–H and O–H groups in total. The standard InChI is InChI=1S/C13H21BrN2O/c1-16-8-5-11(6-9-16)4-7-15-10-12-2-3-13(14)17-12/h2-3,11,15H,4-10H2,1H3. The summed E-state index contributed by atoms with van der Waals surface area (Å²) in [6.07, 6.45) is 3.99. The summed E-state index contributed by atoms with van der Waals surface area (Å²) in [5.74, 6) is 1.90. The van der Waals surface area contributed by atoms with Crippen molar-refractivity contribution in [3.8, 4) is 0 Å². The maximum Gasteiger partial charge on any atom is 0.169 e. The van der Waals surface area contributed by atoms with Gasteiger partial charge in [-0.2, -0.15) is 0 Å². The summed E-state index contributed by atoms with van der Waals surface area (Å²) >= 11 is 3.31. The van der Waals surface area contributed by atoms with E-state index in [2.05, 4.69) is 33.2 Å². The van der Waals surface area contributed by atoms with Gasteiger partial charge in [-0.25, -0.2) is 0 Å². The number of nitrogens with zero attached hydrogens (tertiary/aromatic N) is 1. The van der Waals surface area contributed by atoms with Crippen LogP contribution in [0.15, 0.2) is 21.2 Å². The first-order chi connectivity index (χ1) is 8.24. The maximum absolute atomic E-state index is 5.44. The number of hydrogen-bond acceptors (Lipinski definition) is 3. The molecule has 4 heteroatoms. The zero-order valence-electron chi connectivity index (χ0n) is 10.4. The monoisotopic (exact) mass is 300 g/mol. The summed E-state index contributed by atoms with van der Waals surface area (Å²) in [4.78, 5) is 2.42. The fraction of sp³-hybridized carbons (Fsp3) is 0.692. The Balaban J connectivity index is 1.57. The highest BCUT2D eigenvalue weighted by Gasteiger charge is 2.15. The molecule has 2 heterocycles. The van der Waals surface area contributed by atoms with Crippen molar-refractivity contribution in [2.45, 2.75) is 25.8 Å². The first kappa shape index (κ1) is 13.1. The lowest BCUT2D eigenvalue weighted by atomic mass is 9.94. The summed E-state index contributed by atoms with van der Waals surface area (Å²) < 4.78 is 6.25. The maximum atomic E-state index is 5.44. The van der Waals surface area contributed by atoms with Crippen LogP contribution in [0.2, 0.25) is 0 Å². The second kappa shape index (κ2) is 6.57. The zero-order chi connectivity index (χ0) is 12.1. The number of hydrogen-bond donors (Lipinski definition) is 1. The molecule has 2 rings (SSSR count). The van der Waals surface area contributed by atoms with Gasteiger partial charge in [0.05, 0.1) is 6.54 Å². The van der Waals surface area contributed by atoms with Gasteiger partial charge in [-0.15, -0.1) is 0 Å². The van der Waals surface area contributed by atoms with Crippen LogP contribution >= 0.6 is 15.9 Å². The molecule has 1 saturated heterocycles. The van der Waals surface area contributed by atoms with E-state index >= 15 is 0 Å². The fourth-order valence-corrected chi connectivity index (χ4v) is 2.66. The number of likely N-dealkylation sites (tertiary alicyclic amines) is 1. The lowest BCUT2D eigenvalue weighted by molar-refractivity contribution is 0.211. The average molecular weight is 301 g/mol. The quantitative estimate of drug-likeness (QED) is 0.848. The molecule has 1 aromatic rings. The second-order valence-electron chi connectivity index (χ2n) is 4.92. The van der Waals surface area contributed by atoms with Crippen molar-refractivity contribution >= 4 is 15.9 Å². The molecule has 0 spiro atoms. The number of nitrogens with one attached hydrogen (secondary N) is 1. The van der Waals surface area contributed by atoms with Gasteiger partial charge in [0, 0.05) is 0 Å². The SMILES string of the molecule is CN1CCC(CCNCc2ccc(Br)o2)CC1. The Labute approximate surface area is 112 Å². The van der Waals surface area contributed by atoms with Crippen molar-refractivity contribution in [3.63, 3.8) is 0 Å². The van der Waals surface area contributed by atoms with Gasteiger partial charge in [-0.05, 0) is 79.9 Å². The first-order valence-corrected chi connectivity index (χ1v) is 7.17. The summed E-state index contributed by atoms with van der Waals surface area (Å²) in [7, 11) is 2.21. The Bertz CT molecular complexity index is 332. The van der Waals surface area contributed by atoms with Gasteiger partial charge in [0.2, 0.25) is 0 Å². The number of furan rings is 1. The lowest BCUT2D eigenvalue weighted by Crippen LogP contribution is -2.31. The van der Waals surface area contributed by atoms with E-state index in [0.29, 0.717) is 0 Å². The van der Waals surface area contributed by atoms with E-state index in [1.807, 2.05) is 12.1 Å². The Morgan fingerprint density at radius 1 is 1.41 bits per heavy atom. The summed E-state index contributed by atoms with van der Waals surface area (Å²) in [5.41, 5.74) is 0. The van der Waals surface area contributed by atoms with Gasteiger partial charge in [-0.3, -0.25) is 0 Å². The molecule has 0 aromatic carbocycles. The van der Waals surface area contributed by atoms with Crippen molar-refractivity contribution < 1.29 is 4.42 Å². The van der Waals surface area contributed by atoms with Gasteiger partial charge < -0.3 is 14.6 Å². The van der Waals surface area contributed by atoms with Crippen LogP contribution < -0.4 is 5.32 Å². The van der Waals surface area contributed by atoms with E-state index in [9.17, 15) is 0 Å². The van der Waals surface area contributed by atoms with E-state index in [-0.39, 0.29) is 0 Å². The number of halogens is 1. The molecule has 3 nitrogen and oxygen atoms in total. The van der Waals surface area contributed by atoms with Gasteiger partial charge >= 0.3 is 0 Å². The summed E-state index contributed by atoms with van der Waals surface area (Å²) in [6, 6.07) is 3.95. The van der Waals surface area contributed by atoms with Crippen molar-refractivity contribution in [1.29, 1.82) is 0 Å². The van der Waals surface area contributed by atoms with Gasteiger partial charge in [0.25, 0.3) is 0 Å². The molecule has 0 bridgehead atoms. The molecule has 0 saturated carbocycles. The summed E-state index contributed by atoms with van der Waals surface area (Å²) in [5, 5.41) is 3.45. The smallest absolute Gasteiger partial charge is 0.169 e. The predicted molar refractivity (Wildman–Crippen MR) is 73.0 cm³/mol. The largest absolute Gasteiger partial charge is 0.453 e. The minimum atomic E-state index is 0.810. The second-order valence-corrected chi connectivity index (χ2v) is 5.70. The Hall–Kier alpha value is -0.320. The first-order valence-electron chi connectivity index (χ1n) is 6.37. The number of piperidine rings is 1. The van der Waals surface area contributed by atoms with Crippen LogP contribution in [0.1, 0.15) is 25.0 Å². The predicted octanol–water partition coefficient (Wildman–Crippen LogP) is 2.86. The minimum absolute atomic E-state index is 0.810. The molecule has 1 aliphatic rings. The molecule has 0 radical (unpaired) electrons. The van der Waals surface area contributed by atoms with Crippen molar-refractivity contribution in [2.24, 2.45) is 5.92 Å². The van der Waals surface area contributed by atoms with Gasteiger partial charge in [0.15, 0.2) is 4.67 Å². The fourth-order valence-electron chi connectivity index (χ4n) is 2.32. The highest BCUT2D eigenvalue weighted by atomic mass is 79.9. The van der Waals surface area contributed by atoms with E-state index in [1.54, 1.807) is 0 Å². The van der Waals surface area contributed by atoms with Crippen LogP contribution in [0.25, 0.3) is 0 Å². The third kappa shape index (κ3) is 4.45. The Morgan fingerprint density at radius 3 is 2.82 bits per heavy atom. The third-order valence-corrected chi connectivity index (χ3v) is 3.92. The van der Waals surface area contributed by atoms with Crippen LogP contribution in [0.3, 0.4) is 0 Å². The van der Waals surface area contributed by atoms with Crippen molar-refractivity contribution in [1.82, 2.24) is 10.2 Å². The van der Waals surface area contributed by atoms with Gasteiger partial charge in [-0.1, -0.05) is 0 Å². The highest BCUT2D eigenvalue weighted by molar-refractivity contribution is 9.10. The molecule has 0 aliphatic carbocycles. The molecule has 17 heavy (non-hydrogen) atoms. The Kier molecular flexibility index (Phi) is 5.07. The molecule has 1 aromatic heterocycles. The van der Waals surface area contributed by atoms with Crippen LogP contribution in [0.5, 0.6) is 0 Å². The van der Waals surface area contributed by atoms with Crippen LogP contribution in [-0.4, -0.2) is 31.6 Å². The molecule has 0 unspecified atom stereocenters. The third-order valence-electron chi connectivity index (χ3n) is 3.50. The molecule has 1 fully saturated rings. The molecular weight excluding hydrogens is 280 g/mol. The molecule has 0 amide bonds. The van der Waals surface area contributed by atoms with Crippen LogP contribution in [0.4, 0.5) is 0 Å². The van der Waals surface area contributed by atoms with E-state index < -0.39 is 0 Å². The number of rotatable bonds is 5. The topological polar surface area (TPSA) is 28.4 Å². The van der Waals surface area contributed by atoms with Crippen molar-refractivity contribution in [2.75, 3.05) is 26.7 Å². The molecule has 0 atom stereocenters. The lowest BCUT2D eigenvalue weighted by Gasteiger charge is -2.28. The minimum Gasteiger partial charge on any atom is -0.453 e. The van der Waals surface area contributed by atoms with E-state index in [1.165, 1.54) is 32.4 Å². The van der Waals surface area contributed by atoms with Gasteiger partial charge in [0.1, 0.15) is 5.76 Å². The van der Waals surface area contributed by atoms with Crippen molar-refractivity contribution in [3.05, 3.63) is 22.6 Å². The highest BCUT2D eigenvalue weighted by Crippen LogP contribution is 2.19. The molecule has 1 aliphatic heterocycles.